The van der Waals surface area contributed by atoms with Crippen LogP contribution in [0.25, 0.3) is 0 Å². The summed E-state index contributed by atoms with van der Waals surface area (Å²) in [6.45, 7) is 2.02. The average molecular weight is 448 g/mol. The van der Waals surface area contributed by atoms with E-state index in [2.05, 4.69) is 4.74 Å². The van der Waals surface area contributed by atoms with Gasteiger partial charge in [-0.2, -0.15) is 0 Å². The molecule has 2 saturated carbocycles. The standard InChI is InChI=1S/C23H29F5O3/c1-2-9-21(10-5-3-6-11-21)31-20(29)22(12-7-4-8-13-22)16-14-17(24)19(18(25)15-16)30-23(26,27)28/h14-15H,2-13H2,1H3. The highest BCUT2D eigenvalue weighted by Gasteiger charge is 2.47. The van der Waals surface area contributed by atoms with Gasteiger partial charge in [-0.15, -0.1) is 13.2 Å². The third-order valence-corrected chi connectivity index (χ3v) is 6.65. The Morgan fingerprint density at radius 2 is 1.45 bits per heavy atom. The van der Waals surface area contributed by atoms with Crippen LogP contribution in [0.5, 0.6) is 5.75 Å². The van der Waals surface area contributed by atoms with E-state index in [1.807, 2.05) is 6.92 Å². The predicted molar refractivity (Wildman–Crippen MR) is 105 cm³/mol. The third-order valence-electron chi connectivity index (χ3n) is 6.65. The Kier molecular flexibility index (Phi) is 7.16. The fourth-order valence-electron chi connectivity index (χ4n) is 5.16. The normalized spacial score (nSPS) is 20.8. The summed E-state index contributed by atoms with van der Waals surface area (Å²) >= 11 is 0. The first-order valence-corrected chi connectivity index (χ1v) is 11.1. The molecule has 2 fully saturated rings. The van der Waals surface area contributed by atoms with Crippen LogP contribution >= 0.6 is 0 Å². The van der Waals surface area contributed by atoms with Crippen LogP contribution in [0.4, 0.5) is 22.0 Å². The molecule has 0 aliphatic heterocycles. The van der Waals surface area contributed by atoms with Crippen molar-refractivity contribution in [1.29, 1.82) is 0 Å². The second-order valence-corrected chi connectivity index (χ2v) is 8.84. The van der Waals surface area contributed by atoms with E-state index in [-0.39, 0.29) is 5.56 Å². The molecule has 0 saturated heterocycles. The van der Waals surface area contributed by atoms with Crippen LogP contribution in [0.3, 0.4) is 0 Å². The van der Waals surface area contributed by atoms with E-state index >= 15 is 0 Å². The van der Waals surface area contributed by atoms with Crippen molar-refractivity contribution in [2.24, 2.45) is 0 Å². The van der Waals surface area contributed by atoms with Gasteiger partial charge in [0.05, 0.1) is 5.41 Å². The maximum absolute atomic E-state index is 14.5. The Labute approximate surface area is 179 Å². The monoisotopic (exact) mass is 448 g/mol. The quantitative estimate of drug-likeness (QED) is 0.344. The number of ether oxygens (including phenoxy) is 2. The van der Waals surface area contributed by atoms with Gasteiger partial charge in [-0.1, -0.05) is 39.0 Å². The molecule has 174 valence electrons. The number of halogens is 5. The van der Waals surface area contributed by atoms with Gasteiger partial charge >= 0.3 is 12.3 Å². The summed E-state index contributed by atoms with van der Waals surface area (Å²) in [5.74, 6) is -4.99. The summed E-state index contributed by atoms with van der Waals surface area (Å²) < 4.78 is 76.1. The minimum absolute atomic E-state index is 0.0178. The molecule has 0 N–H and O–H groups in total. The smallest absolute Gasteiger partial charge is 0.458 e. The Bertz CT molecular complexity index is 749. The van der Waals surface area contributed by atoms with Gasteiger partial charge in [-0.3, -0.25) is 4.79 Å². The Hall–Kier alpha value is -1.86. The molecule has 0 heterocycles. The van der Waals surface area contributed by atoms with E-state index in [4.69, 9.17) is 4.74 Å². The molecule has 0 bridgehead atoms. The molecule has 0 radical (unpaired) electrons. The molecule has 8 heteroatoms. The van der Waals surface area contributed by atoms with E-state index in [9.17, 15) is 26.7 Å². The van der Waals surface area contributed by atoms with Crippen molar-refractivity contribution in [2.45, 2.75) is 101 Å². The van der Waals surface area contributed by atoms with Gasteiger partial charge in [0.25, 0.3) is 0 Å². The van der Waals surface area contributed by atoms with E-state index in [0.717, 1.165) is 63.5 Å². The highest BCUT2D eigenvalue weighted by molar-refractivity contribution is 5.84. The molecule has 1 aromatic carbocycles. The second-order valence-electron chi connectivity index (χ2n) is 8.84. The van der Waals surface area contributed by atoms with Crippen LogP contribution in [0.15, 0.2) is 12.1 Å². The van der Waals surface area contributed by atoms with Gasteiger partial charge in [0.15, 0.2) is 11.6 Å². The lowest BCUT2D eigenvalue weighted by Crippen LogP contribution is -2.46. The number of hydrogen-bond acceptors (Lipinski definition) is 3. The first-order chi connectivity index (χ1) is 14.6. The number of rotatable bonds is 6. The summed E-state index contributed by atoms with van der Waals surface area (Å²) in [4.78, 5) is 13.5. The fraction of sp³-hybridized carbons (Fsp3) is 0.696. The lowest BCUT2D eigenvalue weighted by Gasteiger charge is -2.42. The number of alkyl halides is 3. The van der Waals surface area contributed by atoms with Crippen molar-refractivity contribution in [3.8, 4) is 5.75 Å². The van der Waals surface area contributed by atoms with Gasteiger partial charge < -0.3 is 9.47 Å². The molecule has 0 atom stereocenters. The summed E-state index contributed by atoms with van der Waals surface area (Å²) in [5.41, 5.74) is -1.83. The zero-order valence-electron chi connectivity index (χ0n) is 17.8. The summed E-state index contributed by atoms with van der Waals surface area (Å²) in [5, 5.41) is 0. The highest BCUT2D eigenvalue weighted by Crippen LogP contribution is 2.45. The molecule has 2 aliphatic carbocycles. The van der Waals surface area contributed by atoms with Gasteiger partial charge in [0.2, 0.25) is 5.75 Å². The molecule has 31 heavy (non-hydrogen) atoms. The van der Waals surface area contributed by atoms with Crippen molar-refractivity contribution in [2.75, 3.05) is 0 Å². The van der Waals surface area contributed by atoms with Crippen molar-refractivity contribution >= 4 is 5.97 Å². The molecular formula is C23H29F5O3. The van der Waals surface area contributed by atoms with Crippen LogP contribution in [0, 0.1) is 11.6 Å². The largest absolute Gasteiger partial charge is 0.573 e. The number of hydrogen-bond donors (Lipinski definition) is 0. The van der Waals surface area contributed by atoms with Gasteiger partial charge in [-0.05, 0) is 62.6 Å². The summed E-state index contributed by atoms with van der Waals surface area (Å²) in [7, 11) is 0. The van der Waals surface area contributed by atoms with Crippen LogP contribution in [-0.2, 0) is 14.9 Å². The molecule has 0 amide bonds. The summed E-state index contributed by atoms with van der Waals surface area (Å²) in [6.07, 6.45) is 3.70. The van der Waals surface area contributed by atoms with Gasteiger partial charge in [0.1, 0.15) is 5.60 Å². The molecule has 3 nitrogen and oxygen atoms in total. The Morgan fingerprint density at radius 1 is 0.935 bits per heavy atom. The number of benzene rings is 1. The molecule has 1 aromatic rings. The average Bonchev–Trinajstić information content (AvgIpc) is 2.71. The molecule has 0 aromatic heterocycles. The van der Waals surface area contributed by atoms with E-state index in [1.54, 1.807) is 0 Å². The molecule has 3 rings (SSSR count). The zero-order valence-corrected chi connectivity index (χ0v) is 17.8. The summed E-state index contributed by atoms with van der Waals surface area (Å²) in [6, 6.07) is 1.59. The van der Waals surface area contributed by atoms with E-state index in [0.29, 0.717) is 25.7 Å². The fourth-order valence-corrected chi connectivity index (χ4v) is 5.16. The first-order valence-electron chi connectivity index (χ1n) is 11.1. The zero-order chi connectivity index (χ0) is 22.7. The number of carbonyl (C=O) groups excluding carboxylic acids is 1. The molecule has 0 spiro atoms. The van der Waals surface area contributed by atoms with E-state index < -0.39 is 40.7 Å². The van der Waals surface area contributed by atoms with Gasteiger partial charge in [-0.25, -0.2) is 8.78 Å². The van der Waals surface area contributed by atoms with Gasteiger partial charge in [0, 0.05) is 0 Å². The van der Waals surface area contributed by atoms with Crippen molar-refractivity contribution in [3.05, 3.63) is 29.3 Å². The maximum Gasteiger partial charge on any atom is 0.573 e. The first kappa shape index (κ1) is 23.8. The van der Waals surface area contributed by atoms with E-state index in [1.165, 1.54) is 0 Å². The third kappa shape index (κ3) is 5.32. The molecule has 2 aliphatic rings. The minimum Gasteiger partial charge on any atom is -0.458 e. The molecule has 0 unspecified atom stereocenters. The maximum atomic E-state index is 14.5. The molecular weight excluding hydrogens is 419 g/mol. The SMILES string of the molecule is CCCC1(OC(=O)C2(c3cc(F)c(OC(F)(F)F)c(F)c3)CCCCC2)CCCCC1. The lowest BCUT2D eigenvalue weighted by molar-refractivity contribution is -0.276. The second kappa shape index (κ2) is 9.33. The minimum atomic E-state index is -5.22. The van der Waals surface area contributed by atoms with Crippen LogP contribution < -0.4 is 4.74 Å². The number of carbonyl (C=O) groups is 1. The Morgan fingerprint density at radius 3 is 1.94 bits per heavy atom. The topological polar surface area (TPSA) is 35.5 Å². The van der Waals surface area contributed by atoms with Crippen molar-refractivity contribution < 1.29 is 36.2 Å². The van der Waals surface area contributed by atoms with Crippen LogP contribution in [0.1, 0.15) is 89.5 Å². The lowest BCUT2D eigenvalue weighted by atomic mass is 9.69. The highest BCUT2D eigenvalue weighted by atomic mass is 19.4. The Balaban J connectivity index is 1.96. The number of esters is 1. The van der Waals surface area contributed by atoms with Crippen LogP contribution in [-0.4, -0.2) is 17.9 Å². The van der Waals surface area contributed by atoms with Crippen molar-refractivity contribution in [1.82, 2.24) is 0 Å². The predicted octanol–water partition coefficient (Wildman–Crippen LogP) is 7.11. The van der Waals surface area contributed by atoms with Crippen LogP contribution in [0.2, 0.25) is 0 Å². The van der Waals surface area contributed by atoms with Crippen molar-refractivity contribution in [3.63, 3.8) is 0 Å².